The van der Waals surface area contributed by atoms with E-state index in [1.54, 1.807) is 54.6 Å². The Morgan fingerprint density at radius 1 is 1.00 bits per heavy atom. The minimum absolute atomic E-state index is 0.0790. The number of nitrogens with one attached hydrogen (secondary N) is 1. The molecule has 0 aliphatic carbocycles. The van der Waals surface area contributed by atoms with E-state index in [-0.39, 0.29) is 17.0 Å². The first-order chi connectivity index (χ1) is 11.5. The molecule has 0 aliphatic heterocycles. The van der Waals surface area contributed by atoms with Crippen molar-refractivity contribution < 1.29 is 8.42 Å². The van der Waals surface area contributed by atoms with Gasteiger partial charge in [0.1, 0.15) is 6.33 Å². The molecule has 3 aromatic rings. The number of benzene rings is 2. The van der Waals surface area contributed by atoms with E-state index >= 15 is 0 Å². The lowest BCUT2D eigenvalue weighted by molar-refractivity contribution is 0.595. The molecule has 0 saturated heterocycles. The molecule has 0 radical (unpaired) electrons. The largest absolute Gasteiger partial charge is 0.324 e. The first-order valence-corrected chi connectivity index (χ1v) is 9.04. The van der Waals surface area contributed by atoms with Crippen molar-refractivity contribution in [2.45, 2.75) is 10.6 Å². The summed E-state index contributed by atoms with van der Waals surface area (Å²) in [6, 6.07) is 15.4. The van der Waals surface area contributed by atoms with Gasteiger partial charge in [-0.25, -0.2) is 18.4 Å². The van der Waals surface area contributed by atoms with E-state index in [0.717, 1.165) is 0 Å². The van der Waals surface area contributed by atoms with Crippen LogP contribution in [-0.2, 0) is 15.6 Å². The zero-order chi connectivity index (χ0) is 17.0. The lowest BCUT2D eigenvalue weighted by Gasteiger charge is -2.08. The smallest absolute Gasteiger partial charge is 0.231 e. The quantitative estimate of drug-likeness (QED) is 0.751. The van der Waals surface area contributed by atoms with Crippen molar-refractivity contribution in [2.24, 2.45) is 0 Å². The Bertz CT molecular complexity index is 949. The Balaban J connectivity index is 1.81. The third kappa shape index (κ3) is 4.06. The number of anilines is 2. The molecule has 1 aromatic heterocycles. The van der Waals surface area contributed by atoms with Crippen LogP contribution in [0.2, 0.25) is 5.28 Å². The lowest BCUT2D eigenvalue weighted by Crippen LogP contribution is -2.05. The minimum atomic E-state index is -3.40. The van der Waals surface area contributed by atoms with Crippen LogP contribution >= 0.6 is 11.6 Å². The van der Waals surface area contributed by atoms with Gasteiger partial charge in [-0.05, 0) is 41.4 Å². The number of hydrogen-bond donors (Lipinski definition) is 1. The summed E-state index contributed by atoms with van der Waals surface area (Å²) in [6.45, 7) is 0. The van der Waals surface area contributed by atoms with Crippen LogP contribution in [0.1, 0.15) is 5.56 Å². The van der Waals surface area contributed by atoms with E-state index in [1.807, 2.05) is 0 Å². The molecule has 0 unspecified atom stereocenters. The van der Waals surface area contributed by atoms with Crippen LogP contribution in [0.15, 0.2) is 65.8 Å². The highest BCUT2D eigenvalue weighted by Crippen LogP contribution is 2.20. The fraction of sp³-hybridized carbons (Fsp3) is 0.0625. The Kier molecular flexibility index (Phi) is 4.73. The number of aromatic nitrogens is 3. The van der Waals surface area contributed by atoms with E-state index in [1.165, 1.54) is 6.33 Å². The van der Waals surface area contributed by atoms with Crippen LogP contribution in [-0.4, -0.2) is 23.4 Å². The van der Waals surface area contributed by atoms with Gasteiger partial charge in [0.25, 0.3) is 0 Å². The van der Waals surface area contributed by atoms with Crippen LogP contribution in [0.25, 0.3) is 0 Å². The molecule has 1 heterocycles. The van der Waals surface area contributed by atoms with Crippen molar-refractivity contribution in [1.82, 2.24) is 15.0 Å². The van der Waals surface area contributed by atoms with Gasteiger partial charge in [0.15, 0.2) is 9.84 Å². The highest BCUT2D eigenvalue weighted by atomic mass is 35.5. The van der Waals surface area contributed by atoms with E-state index in [2.05, 4.69) is 20.3 Å². The summed E-state index contributed by atoms with van der Waals surface area (Å²) in [6.07, 6.45) is 1.29. The standard InChI is InChI=1S/C16H13ClN4O2S/c17-15-18-11-19-16(21-15)20-13-6-4-5-12(9-13)10-24(22,23)14-7-2-1-3-8-14/h1-9,11H,10H2,(H,18,19,20,21). The Morgan fingerprint density at radius 3 is 2.54 bits per heavy atom. The summed E-state index contributed by atoms with van der Waals surface area (Å²) < 4.78 is 24.9. The van der Waals surface area contributed by atoms with Gasteiger partial charge in [0, 0.05) is 5.69 Å². The summed E-state index contributed by atoms with van der Waals surface area (Å²) in [5, 5.41) is 3.05. The summed E-state index contributed by atoms with van der Waals surface area (Å²) in [5.74, 6) is 0.197. The van der Waals surface area contributed by atoms with Crippen LogP contribution < -0.4 is 5.32 Å². The van der Waals surface area contributed by atoms with Crippen molar-refractivity contribution in [2.75, 3.05) is 5.32 Å². The van der Waals surface area contributed by atoms with E-state index in [4.69, 9.17) is 11.6 Å². The molecule has 0 atom stereocenters. The highest BCUT2D eigenvalue weighted by Gasteiger charge is 2.15. The zero-order valence-corrected chi connectivity index (χ0v) is 14.0. The second kappa shape index (κ2) is 6.94. The molecular weight excluding hydrogens is 348 g/mol. The molecule has 122 valence electrons. The Morgan fingerprint density at radius 2 is 1.79 bits per heavy atom. The van der Waals surface area contributed by atoms with Gasteiger partial charge >= 0.3 is 0 Å². The molecule has 1 N–H and O–H groups in total. The van der Waals surface area contributed by atoms with E-state index in [9.17, 15) is 8.42 Å². The van der Waals surface area contributed by atoms with Crippen LogP contribution in [0.3, 0.4) is 0 Å². The molecule has 6 nitrogen and oxygen atoms in total. The summed E-state index contributed by atoms with van der Waals surface area (Å²) in [7, 11) is -3.40. The maximum atomic E-state index is 12.4. The number of hydrogen-bond acceptors (Lipinski definition) is 6. The average molecular weight is 361 g/mol. The molecule has 0 bridgehead atoms. The summed E-state index contributed by atoms with van der Waals surface area (Å²) in [4.78, 5) is 11.9. The predicted molar refractivity (Wildman–Crippen MR) is 91.9 cm³/mol. The van der Waals surface area contributed by atoms with Crippen molar-refractivity contribution in [3.05, 3.63) is 71.8 Å². The van der Waals surface area contributed by atoms with Gasteiger partial charge in [0.2, 0.25) is 11.2 Å². The fourth-order valence-electron chi connectivity index (χ4n) is 2.14. The number of sulfone groups is 1. The third-order valence-corrected chi connectivity index (χ3v) is 5.07. The van der Waals surface area contributed by atoms with Crippen molar-refractivity contribution in [3.8, 4) is 0 Å². The molecule has 2 aromatic carbocycles. The summed E-state index contributed by atoms with van der Waals surface area (Å²) >= 11 is 5.72. The highest BCUT2D eigenvalue weighted by molar-refractivity contribution is 7.90. The Labute approximate surface area is 144 Å². The molecule has 0 amide bonds. The topological polar surface area (TPSA) is 84.8 Å². The SMILES string of the molecule is O=S(=O)(Cc1cccc(Nc2ncnc(Cl)n2)c1)c1ccccc1. The van der Waals surface area contributed by atoms with Crippen LogP contribution in [0.5, 0.6) is 0 Å². The number of nitrogens with zero attached hydrogens (tertiary/aromatic N) is 3. The lowest BCUT2D eigenvalue weighted by atomic mass is 10.2. The Hall–Kier alpha value is -2.51. The van der Waals surface area contributed by atoms with Gasteiger partial charge in [-0.3, -0.25) is 0 Å². The van der Waals surface area contributed by atoms with Gasteiger partial charge < -0.3 is 5.32 Å². The van der Waals surface area contributed by atoms with Crippen molar-refractivity contribution in [3.63, 3.8) is 0 Å². The first kappa shape index (κ1) is 16.4. The molecular formula is C16H13ClN4O2S. The zero-order valence-electron chi connectivity index (χ0n) is 12.4. The fourth-order valence-corrected chi connectivity index (χ4v) is 3.62. The van der Waals surface area contributed by atoms with Gasteiger partial charge in [-0.1, -0.05) is 30.3 Å². The monoisotopic (exact) mass is 360 g/mol. The minimum Gasteiger partial charge on any atom is -0.324 e. The van der Waals surface area contributed by atoms with Crippen LogP contribution in [0.4, 0.5) is 11.6 Å². The molecule has 0 saturated carbocycles. The molecule has 3 rings (SSSR count). The summed E-state index contributed by atoms with van der Waals surface area (Å²) in [5.41, 5.74) is 1.32. The number of rotatable bonds is 5. The van der Waals surface area contributed by atoms with Crippen molar-refractivity contribution >= 4 is 33.1 Å². The normalized spacial score (nSPS) is 11.2. The van der Waals surface area contributed by atoms with Gasteiger partial charge in [0.05, 0.1) is 10.6 Å². The van der Waals surface area contributed by atoms with Crippen molar-refractivity contribution in [1.29, 1.82) is 0 Å². The van der Waals surface area contributed by atoms with E-state index in [0.29, 0.717) is 16.1 Å². The van der Waals surface area contributed by atoms with Gasteiger partial charge in [-0.15, -0.1) is 0 Å². The average Bonchev–Trinajstić information content (AvgIpc) is 2.56. The second-order valence-corrected chi connectivity index (χ2v) is 7.30. The predicted octanol–water partition coefficient (Wildman–Crippen LogP) is 3.24. The molecule has 24 heavy (non-hydrogen) atoms. The van der Waals surface area contributed by atoms with Crippen LogP contribution in [0, 0.1) is 0 Å². The third-order valence-electron chi connectivity index (χ3n) is 3.18. The van der Waals surface area contributed by atoms with Gasteiger partial charge in [-0.2, -0.15) is 4.98 Å². The molecule has 8 heteroatoms. The maximum absolute atomic E-state index is 12.4. The second-order valence-electron chi connectivity index (χ2n) is 4.98. The molecule has 0 spiro atoms. The number of halogens is 1. The molecule has 0 aliphatic rings. The molecule has 0 fully saturated rings. The van der Waals surface area contributed by atoms with E-state index < -0.39 is 9.84 Å². The first-order valence-electron chi connectivity index (χ1n) is 7.01. The maximum Gasteiger partial charge on any atom is 0.231 e.